The van der Waals surface area contributed by atoms with Crippen molar-refractivity contribution in [3.63, 3.8) is 0 Å². The van der Waals surface area contributed by atoms with Crippen LogP contribution in [0.5, 0.6) is 0 Å². The summed E-state index contributed by atoms with van der Waals surface area (Å²) in [5.74, 6) is 0.607. The molecule has 5 rings (SSSR count). The lowest BCUT2D eigenvalue weighted by Gasteiger charge is -2.41. The normalized spacial score (nSPS) is 25.8. The van der Waals surface area contributed by atoms with Crippen LogP contribution in [0.1, 0.15) is 41.5 Å². The number of carbonyl (C=O) groups excluding carboxylic acids is 1. The van der Waals surface area contributed by atoms with Crippen LogP contribution in [-0.4, -0.2) is 89.7 Å². The zero-order valence-electron chi connectivity index (χ0n) is 19.4. The first kappa shape index (κ1) is 23.9. The predicted octanol–water partition coefficient (Wildman–Crippen LogP) is 3.02. The number of aromatic amines is 1. The molecule has 3 atom stereocenters. The number of halogens is 3. The van der Waals surface area contributed by atoms with Crippen molar-refractivity contribution in [1.29, 1.82) is 0 Å². The van der Waals surface area contributed by atoms with E-state index in [2.05, 4.69) is 10.2 Å². The van der Waals surface area contributed by atoms with E-state index in [1.54, 1.807) is 4.90 Å². The largest absolute Gasteiger partial charge is 0.416 e. The quantitative estimate of drug-likeness (QED) is 0.687. The number of nitrogens with one attached hydrogen (secondary N) is 1. The summed E-state index contributed by atoms with van der Waals surface area (Å²) >= 11 is 0. The number of likely N-dealkylation sites (tertiary alicyclic amines) is 1. The van der Waals surface area contributed by atoms with Crippen LogP contribution in [0.2, 0.25) is 0 Å². The summed E-state index contributed by atoms with van der Waals surface area (Å²) in [6.45, 7) is 4.24. The summed E-state index contributed by atoms with van der Waals surface area (Å²) < 4.78 is 44.6. The van der Waals surface area contributed by atoms with E-state index in [0.29, 0.717) is 58.8 Å². The highest BCUT2D eigenvalue weighted by molar-refractivity contribution is 5.75. The number of amides is 2. The molecule has 0 spiro atoms. The van der Waals surface area contributed by atoms with Gasteiger partial charge in [0.15, 0.2) is 5.82 Å². The Labute approximate surface area is 201 Å². The molecular weight excluding hydrogens is 463 g/mol. The van der Waals surface area contributed by atoms with Crippen LogP contribution in [0.3, 0.4) is 0 Å². The molecule has 2 aromatic rings. The number of benzene rings is 1. The maximum Gasteiger partial charge on any atom is 0.416 e. The van der Waals surface area contributed by atoms with Crippen molar-refractivity contribution in [3.8, 4) is 0 Å². The Morgan fingerprint density at radius 2 is 1.74 bits per heavy atom. The Morgan fingerprint density at radius 1 is 1.03 bits per heavy atom. The van der Waals surface area contributed by atoms with Gasteiger partial charge in [0, 0.05) is 62.9 Å². The third kappa shape index (κ3) is 5.25. The molecule has 190 valence electrons. The van der Waals surface area contributed by atoms with Gasteiger partial charge < -0.3 is 24.5 Å². The van der Waals surface area contributed by atoms with Gasteiger partial charge in [-0.3, -0.25) is 5.10 Å². The number of H-pyrrole nitrogens is 1. The summed E-state index contributed by atoms with van der Waals surface area (Å²) in [7, 11) is 0. The first-order chi connectivity index (χ1) is 16.8. The van der Waals surface area contributed by atoms with E-state index >= 15 is 0 Å². The average molecular weight is 494 g/mol. The third-order valence-electron chi connectivity index (χ3n) is 7.22. The highest BCUT2D eigenvalue weighted by atomic mass is 19.4. The number of hydrogen-bond acceptors (Lipinski definition) is 5. The molecule has 0 radical (unpaired) electrons. The number of β-amino-alcohol motifs (C(OH)–C–C–N with tert-alkyl or cyclic N) is 1. The Hall–Kier alpha value is -2.79. The van der Waals surface area contributed by atoms with E-state index < -0.39 is 11.7 Å². The molecule has 0 saturated carbocycles. The first-order valence-corrected chi connectivity index (χ1v) is 12.0. The molecular formula is C24H30F3N5O3. The van der Waals surface area contributed by atoms with Gasteiger partial charge in [-0.05, 0) is 30.5 Å². The zero-order chi connectivity index (χ0) is 24.6. The number of urea groups is 1. The van der Waals surface area contributed by atoms with Crippen molar-refractivity contribution >= 4 is 11.8 Å². The van der Waals surface area contributed by atoms with Crippen molar-refractivity contribution in [3.05, 3.63) is 47.2 Å². The van der Waals surface area contributed by atoms with Gasteiger partial charge in [-0.25, -0.2) is 4.79 Å². The van der Waals surface area contributed by atoms with Crippen LogP contribution in [0.4, 0.5) is 23.8 Å². The summed E-state index contributed by atoms with van der Waals surface area (Å²) in [5.41, 5.74) is 0.989. The van der Waals surface area contributed by atoms with Gasteiger partial charge in [0.25, 0.3) is 0 Å². The highest BCUT2D eigenvalue weighted by Crippen LogP contribution is 2.38. The fraction of sp³-hybridized carbons (Fsp3) is 0.583. The van der Waals surface area contributed by atoms with Gasteiger partial charge in [0.2, 0.25) is 0 Å². The molecule has 0 bridgehead atoms. The van der Waals surface area contributed by atoms with Crippen LogP contribution in [0.25, 0.3) is 0 Å². The minimum absolute atomic E-state index is 0.0465. The molecule has 3 aliphatic rings. The number of carbonyl (C=O) groups is 1. The van der Waals surface area contributed by atoms with Crippen molar-refractivity contribution < 1.29 is 27.8 Å². The zero-order valence-corrected chi connectivity index (χ0v) is 19.4. The Bertz CT molecular complexity index is 1020. The van der Waals surface area contributed by atoms with Crippen molar-refractivity contribution in [1.82, 2.24) is 20.0 Å². The molecule has 1 aromatic carbocycles. The first-order valence-electron chi connectivity index (χ1n) is 12.0. The van der Waals surface area contributed by atoms with E-state index in [9.17, 15) is 23.1 Å². The Morgan fingerprint density at radius 3 is 2.40 bits per heavy atom. The molecule has 0 aliphatic carbocycles. The monoisotopic (exact) mass is 493 g/mol. The maximum absolute atomic E-state index is 13.3. The van der Waals surface area contributed by atoms with Gasteiger partial charge in [-0.2, -0.15) is 18.3 Å². The number of ether oxygens (including phenoxy) is 1. The van der Waals surface area contributed by atoms with Crippen LogP contribution in [-0.2, 0) is 10.9 Å². The maximum atomic E-state index is 13.3. The fourth-order valence-corrected chi connectivity index (χ4v) is 5.27. The minimum Gasteiger partial charge on any atom is -0.391 e. The van der Waals surface area contributed by atoms with Crippen LogP contribution < -0.4 is 4.90 Å². The van der Waals surface area contributed by atoms with Gasteiger partial charge in [0.05, 0.1) is 24.9 Å². The number of anilines is 1. The number of aliphatic hydroxyl groups is 1. The molecule has 3 saturated heterocycles. The lowest BCUT2D eigenvalue weighted by atomic mass is 9.83. The molecule has 2 amide bonds. The van der Waals surface area contributed by atoms with E-state index in [1.165, 1.54) is 12.1 Å². The van der Waals surface area contributed by atoms with E-state index in [-0.39, 0.29) is 24.0 Å². The highest BCUT2D eigenvalue weighted by Gasteiger charge is 2.36. The summed E-state index contributed by atoms with van der Waals surface area (Å²) in [6.07, 6.45) is -3.37. The number of alkyl halides is 3. The number of aromatic nitrogens is 2. The van der Waals surface area contributed by atoms with Crippen molar-refractivity contribution in [2.45, 2.75) is 37.0 Å². The van der Waals surface area contributed by atoms with Gasteiger partial charge >= 0.3 is 12.2 Å². The number of rotatable bonds is 3. The minimum atomic E-state index is -4.39. The van der Waals surface area contributed by atoms with Crippen LogP contribution in [0.15, 0.2) is 30.3 Å². The fourth-order valence-electron chi connectivity index (χ4n) is 5.27. The SMILES string of the molecule is O=C(N1CCOCC1)N1CC(c2ccc(C(F)(F)F)cc2)CC(c2cc(N3CC[C@H](O)C3)n[nH]2)C1. The summed E-state index contributed by atoms with van der Waals surface area (Å²) in [5, 5.41) is 17.4. The molecule has 4 heterocycles. The number of hydrogen-bond donors (Lipinski definition) is 2. The third-order valence-corrected chi connectivity index (χ3v) is 7.22. The van der Waals surface area contributed by atoms with E-state index in [0.717, 1.165) is 35.8 Å². The van der Waals surface area contributed by atoms with Gasteiger partial charge in [-0.1, -0.05) is 12.1 Å². The number of morpholine rings is 1. The lowest BCUT2D eigenvalue weighted by Crippen LogP contribution is -2.52. The molecule has 8 nitrogen and oxygen atoms in total. The molecule has 1 aromatic heterocycles. The van der Waals surface area contributed by atoms with E-state index in [1.807, 2.05) is 15.9 Å². The second-order valence-electron chi connectivity index (χ2n) is 9.61. The Kier molecular flexibility index (Phi) is 6.63. The second kappa shape index (κ2) is 9.69. The average Bonchev–Trinajstić information content (AvgIpc) is 3.53. The Balaban J connectivity index is 1.38. The van der Waals surface area contributed by atoms with Crippen molar-refractivity contribution in [2.24, 2.45) is 0 Å². The molecule has 3 fully saturated rings. The smallest absolute Gasteiger partial charge is 0.391 e. The standard InChI is InChI=1S/C24H30F3N5O3/c25-24(26,27)19-3-1-16(2-4-19)17-11-18(14-32(13-17)23(34)30-7-9-35-10-8-30)21-12-22(29-28-21)31-6-5-20(33)15-31/h1-4,12,17-18,20,33H,5-11,13-15H2,(H,28,29)/t17?,18?,20-/m0/s1. The number of aliphatic hydroxyl groups excluding tert-OH is 1. The van der Waals surface area contributed by atoms with Crippen LogP contribution in [0, 0.1) is 0 Å². The van der Waals surface area contributed by atoms with Gasteiger partial charge in [0.1, 0.15) is 0 Å². The molecule has 2 unspecified atom stereocenters. The van der Waals surface area contributed by atoms with Crippen molar-refractivity contribution in [2.75, 3.05) is 57.4 Å². The molecule has 35 heavy (non-hydrogen) atoms. The molecule has 11 heteroatoms. The molecule has 3 aliphatic heterocycles. The second-order valence-corrected chi connectivity index (χ2v) is 9.61. The summed E-state index contributed by atoms with van der Waals surface area (Å²) in [6, 6.07) is 7.17. The number of piperidine rings is 1. The topological polar surface area (TPSA) is 84.9 Å². The predicted molar refractivity (Wildman–Crippen MR) is 122 cm³/mol. The van der Waals surface area contributed by atoms with E-state index in [4.69, 9.17) is 4.74 Å². The number of nitrogens with zero attached hydrogens (tertiary/aromatic N) is 4. The van der Waals surface area contributed by atoms with Crippen LogP contribution >= 0.6 is 0 Å². The van der Waals surface area contributed by atoms with Gasteiger partial charge in [-0.15, -0.1) is 0 Å². The summed E-state index contributed by atoms with van der Waals surface area (Å²) in [4.78, 5) is 18.9. The lowest BCUT2D eigenvalue weighted by molar-refractivity contribution is -0.137. The molecule has 2 N–H and O–H groups in total.